The van der Waals surface area contributed by atoms with Crippen LogP contribution < -0.4 is 10.1 Å². The molecule has 1 saturated carbocycles. The van der Waals surface area contributed by atoms with Crippen LogP contribution in [0.2, 0.25) is 0 Å². The molecule has 0 spiro atoms. The lowest BCUT2D eigenvalue weighted by Crippen LogP contribution is -2.50. The van der Waals surface area contributed by atoms with Crippen molar-refractivity contribution in [2.24, 2.45) is 0 Å². The fraction of sp³-hybridized carbons (Fsp3) is 0.316. The Labute approximate surface area is 150 Å². The summed E-state index contributed by atoms with van der Waals surface area (Å²) in [5.41, 5.74) is 1.79. The van der Waals surface area contributed by atoms with Crippen LogP contribution in [0, 0.1) is 3.57 Å². The zero-order valence-electron chi connectivity index (χ0n) is 13.1. The summed E-state index contributed by atoms with van der Waals surface area (Å²) in [7, 11) is 0. The molecule has 1 aliphatic carbocycles. The molecule has 0 bridgehead atoms. The van der Waals surface area contributed by atoms with E-state index in [0.29, 0.717) is 12.2 Å². The van der Waals surface area contributed by atoms with Gasteiger partial charge < -0.3 is 10.1 Å². The average molecular weight is 421 g/mol. The lowest BCUT2D eigenvalue weighted by Gasteiger charge is -2.39. The highest BCUT2D eigenvalue weighted by molar-refractivity contribution is 14.1. The van der Waals surface area contributed by atoms with Crippen molar-refractivity contribution in [3.63, 3.8) is 0 Å². The molecule has 1 N–H and O–H groups in total. The van der Waals surface area contributed by atoms with E-state index in [1.54, 1.807) is 0 Å². The van der Waals surface area contributed by atoms with Gasteiger partial charge in [0.15, 0.2) is 0 Å². The second kappa shape index (κ2) is 6.91. The van der Waals surface area contributed by atoms with E-state index in [-0.39, 0.29) is 11.4 Å². The first-order chi connectivity index (χ1) is 11.1. The zero-order valence-corrected chi connectivity index (χ0v) is 15.3. The Balaban J connectivity index is 1.64. The van der Waals surface area contributed by atoms with E-state index < -0.39 is 0 Å². The molecular weight excluding hydrogens is 401 g/mol. The van der Waals surface area contributed by atoms with Crippen LogP contribution >= 0.6 is 22.6 Å². The van der Waals surface area contributed by atoms with Gasteiger partial charge in [0.1, 0.15) is 12.4 Å². The van der Waals surface area contributed by atoms with Crippen molar-refractivity contribution in [3.05, 3.63) is 63.2 Å². The molecule has 0 aromatic heterocycles. The highest BCUT2D eigenvalue weighted by atomic mass is 127. The van der Waals surface area contributed by atoms with Crippen molar-refractivity contribution in [2.45, 2.75) is 38.3 Å². The lowest BCUT2D eigenvalue weighted by atomic mass is 9.78. The predicted molar refractivity (Wildman–Crippen MR) is 99.7 cm³/mol. The summed E-state index contributed by atoms with van der Waals surface area (Å²) in [6, 6.07) is 15.7. The van der Waals surface area contributed by atoms with Crippen molar-refractivity contribution >= 4 is 28.5 Å². The Morgan fingerprint density at radius 1 is 1.22 bits per heavy atom. The SMILES string of the molecule is CC1(NC(=O)c2ccc(OCc3ccccc3)c(I)c2)CCC1. The summed E-state index contributed by atoms with van der Waals surface area (Å²) < 4.78 is 6.80. The van der Waals surface area contributed by atoms with E-state index in [2.05, 4.69) is 34.8 Å². The van der Waals surface area contributed by atoms with Gasteiger partial charge in [-0.1, -0.05) is 30.3 Å². The molecule has 0 radical (unpaired) electrons. The second-order valence-corrected chi connectivity index (χ2v) is 7.45. The van der Waals surface area contributed by atoms with Gasteiger partial charge in [-0.25, -0.2) is 0 Å². The number of carbonyl (C=O) groups is 1. The van der Waals surface area contributed by atoms with Crippen LogP contribution in [0.1, 0.15) is 42.1 Å². The number of hydrogen-bond acceptors (Lipinski definition) is 2. The number of ether oxygens (including phenoxy) is 1. The van der Waals surface area contributed by atoms with Crippen molar-refractivity contribution in [1.29, 1.82) is 0 Å². The predicted octanol–water partition coefficient (Wildman–Crippen LogP) is 4.54. The van der Waals surface area contributed by atoms with Crippen molar-refractivity contribution < 1.29 is 9.53 Å². The minimum absolute atomic E-state index is 0.000254. The van der Waals surface area contributed by atoms with Crippen LogP contribution in [0.5, 0.6) is 5.75 Å². The summed E-state index contributed by atoms with van der Waals surface area (Å²) >= 11 is 2.22. The molecule has 3 nitrogen and oxygen atoms in total. The van der Waals surface area contributed by atoms with Crippen LogP contribution in [0.15, 0.2) is 48.5 Å². The standard InChI is InChI=1S/C19H20INO2/c1-19(10-5-11-19)21-18(22)15-8-9-17(16(20)12-15)23-13-14-6-3-2-4-7-14/h2-4,6-9,12H,5,10-11,13H2,1H3,(H,21,22). The van der Waals surface area contributed by atoms with E-state index in [1.807, 2.05) is 48.5 Å². The summed E-state index contributed by atoms with van der Waals surface area (Å²) in [5, 5.41) is 3.13. The molecule has 0 heterocycles. The maximum atomic E-state index is 12.3. The first-order valence-electron chi connectivity index (χ1n) is 7.85. The summed E-state index contributed by atoms with van der Waals surface area (Å²) in [5.74, 6) is 0.806. The quantitative estimate of drug-likeness (QED) is 0.720. The van der Waals surface area contributed by atoms with Gasteiger partial charge in [0.25, 0.3) is 5.91 Å². The number of rotatable bonds is 5. The summed E-state index contributed by atoms with van der Waals surface area (Å²) in [6.45, 7) is 2.64. The minimum atomic E-state index is -0.0228. The van der Waals surface area contributed by atoms with E-state index >= 15 is 0 Å². The Hall–Kier alpha value is -1.56. The van der Waals surface area contributed by atoms with Crippen LogP contribution in [0.25, 0.3) is 0 Å². The Kier molecular flexibility index (Phi) is 4.90. The molecule has 3 rings (SSSR count). The number of amides is 1. The lowest BCUT2D eigenvalue weighted by molar-refractivity contribution is 0.0850. The third-order valence-corrected chi connectivity index (χ3v) is 5.15. The number of hydrogen-bond donors (Lipinski definition) is 1. The number of benzene rings is 2. The van der Waals surface area contributed by atoms with Gasteiger partial charge in [-0.3, -0.25) is 4.79 Å². The fourth-order valence-electron chi connectivity index (χ4n) is 2.67. The molecule has 0 saturated heterocycles. The summed E-state index contributed by atoms with van der Waals surface area (Å²) in [6.07, 6.45) is 3.32. The van der Waals surface area contributed by atoms with Crippen LogP contribution in [-0.4, -0.2) is 11.4 Å². The maximum Gasteiger partial charge on any atom is 0.251 e. The zero-order chi connectivity index (χ0) is 16.3. The topological polar surface area (TPSA) is 38.3 Å². The summed E-state index contributed by atoms with van der Waals surface area (Å²) in [4.78, 5) is 12.3. The van der Waals surface area contributed by atoms with Crippen LogP contribution in [0.3, 0.4) is 0 Å². The minimum Gasteiger partial charge on any atom is -0.488 e. The molecule has 1 fully saturated rings. The van der Waals surface area contributed by atoms with E-state index in [4.69, 9.17) is 4.74 Å². The highest BCUT2D eigenvalue weighted by Crippen LogP contribution is 2.31. The van der Waals surface area contributed by atoms with E-state index in [9.17, 15) is 4.79 Å². The smallest absolute Gasteiger partial charge is 0.251 e. The second-order valence-electron chi connectivity index (χ2n) is 6.29. The molecule has 0 unspecified atom stereocenters. The number of carbonyl (C=O) groups excluding carboxylic acids is 1. The number of halogens is 1. The molecule has 1 aliphatic rings. The van der Waals surface area contributed by atoms with E-state index in [0.717, 1.165) is 27.7 Å². The molecule has 120 valence electrons. The molecular formula is C19H20INO2. The largest absolute Gasteiger partial charge is 0.488 e. The molecule has 1 amide bonds. The monoisotopic (exact) mass is 421 g/mol. The Bertz CT molecular complexity index is 696. The van der Waals surface area contributed by atoms with Gasteiger partial charge in [0.2, 0.25) is 0 Å². The first kappa shape index (κ1) is 16.3. The third-order valence-electron chi connectivity index (χ3n) is 4.30. The van der Waals surface area contributed by atoms with Crippen LogP contribution in [-0.2, 0) is 6.61 Å². The normalized spacial score (nSPS) is 15.6. The molecule has 0 atom stereocenters. The maximum absolute atomic E-state index is 12.3. The highest BCUT2D eigenvalue weighted by Gasteiger charge is 2.33. The van der Waals surface area contributed by atoms with Crippen molar-refractivity contribution in [3.8, 4) is 5.75 Å². The van der Waals surface area contributed by atoms with Gasteiger partial charge >= 0.3 is 0 Å². The van der Waals surface area contributed by atoms with Crippen molar-refractivity contribution in [1.82, 2.24) is 5.32 Å². The molecule has 23 heavy (non-hydrogen) atoms. The molecule has 2 aromatic carbocycles. The van der Waals surface area contributed by atoms with Gasteiger partial charge in [-0.15, -0.1) is 0 Å². The fourth-order valence-corrected chi connectivity index (χ4v) is 3.34. The van der Waals surface area contributed by atoms with Gasteiger partial charge in [0.05, 0.1) is 3.57 Å². The Morgan fingerprint density at radius 2 is 1.96 bits per heavy atom. The van der Waals surface area contributed by atoms with Crippen LogP contribution in [0.4, 0.5) is 0 Å². The van der Waals surface area contributed by atoms with Gasteiger partial charge in [0, 0.05) is 11.1 Å². The molecule has 4 heteroatoms. The number of nitrogens with one attached hydrogen (secondary N) is 1. The van der Waals surface area contributed by atoms with Gasteiger partial charge in [-0.05, 0) is 72.5 Å². The van der Waals surface area contributed by atoms with Gasteiger partial charge in [-0.2, -0.15) is 0 Å². The van der Waals surface area contributed by atoms with Crippen molar-refractivity contribution in [2.75, 3.05) is 0 Å². The molecule has 0 aliphatic heterocycles. The average Bonchev–Trinajstić information content (AvgIpc) is 2.53. The molecule has 2 aromatic rings. The Morgan fingerprint density at radius 3 is 2.57 bits per heavy atom. The van der Waals surface area contributed by atoms with E-state index in [1.165, 1.54) is 6.42 Å². The first-order valence-corrected chi connectivity index (χ1v) is 8.92. The third kappa shape index (κ3) is 4.05.